The monoisotopic (exact) mass is 263 g/mol. The lowest BCUT2D eigenvalue weighted by Gasteiger charge is -2.07. The Kier molecular flexibility index (Phi) is 2.75. The maximum atomic E-state index is 13.7. The van der Waals surface area contributed by atoms with Crippen molar-refractivity contribution in [2.75, 3.05) is 0 Å². The van der Waals surface area contributed by atoms with Crippen molar-refractivity contribution in [2.45, 2.75) is 6.92 Å². The van der Waals surface area contributed by atoms with Crippen molar-refractivity contribution in [1.29, 1.82) is 0 Å². The molecule has 1 aromatic heterocycles. The third-order valence-corrected chi connectivity index (χ3v) is 3.28. The number of aromatic nitrogens is 1. The zero-order valence-electron chi connectivity index (χ0n) is 7.61. The number of halogens is 4. The van der Waals surface area contributed by atoms with Crippen molar-refractivity contribution < 1.29 is 4.39 Å². The number of pyridine rings is 1. The fourth-order valence-electron chi connectivity index (χ4n) is 1.31. The van der Waals surface area contributed by atoms with Gasteiger partial charge in [0.2, 0.25) is 0 Å². The minimum absolute atomic E-state index is 0.0212. The smallest absolute Gasteiger partial charge is 0.152 e. The van der Waals surface area contributed by atoms with E-state index in [9.17, 15) is 4.39 Å². The van der Waals surface area contributed by atoms with Crippen molar-refractivity contribution in [2.24, 2.45) is 0 Å². The van der Waals surface area contributed by atoms with Crippen LogP contribution in [-0.4, -0.2) is 4.98 Å². The zero-order valence-corrected chi connectivity index (χ0v) is 9.88. The van der Waals surface area contributed by atoms with Gasteiger partial charge in [-0.05, 0) is 19.1 Å². The first kappa shape index (κ1) is 10.9. The predicted molar refractivity (Wildman–Crippen MR) is 61.5 cm³/mol. The highest BCUT2D eigenvalue weighted by atomic mass is 35.5. The lowest BCUT2D eigenvalue weighted by atomic mass is 10.1. The molecule has 2 aromatic rings. The molecule has 0 aliphatic carbocycles. The summed E-state index contributed by atoms with van der Waals surface area (Å²) in [6, 6.07) is 3.01. The molecule has 15 heavy (non-hydrogen) atoms. The van der Waals surface area contributed by atoms with Crippen LogP contribution in [0.25, 0.3) is 10.9 Å². The minimum Gasteiger partial charge on any atom is -0.236 e. The molecule has 0 saturated carbocycles. The lowest BCUT2D eigenvalue weighted by molar-refractivity contribution is 0.640. The minimum atomic E-state index is -0.563. The Balaban J connectivity index is 3.00. The van der Waals surface area contributed by atoms with Crippen LogP contribution in [-0.2, 0) is 0 Å². The Morgan fingerprint density at radius 1 is 1.20 bits per heavy atom. The van der Waals surface area contributed by atoms with Crippen molar-refractivity contribution in [3.05, 3.63) is 38.7 Å². The summed E-state index contributed by atoms with van der Waals surface area (Å²) in [5.41, 5.74) is 0.949. The van der Waals surface area contributed by atoms with E-state index in [-0.39, 0.29) is 20.6 Å². The van der Waals surface area contributed by atoms with E-state index in [0.29, 0.717) is 11.1 Å². The third-order valence-electron chi connectivity index (χ3n) is 2.15. The Morgan fingerprint density at radius 3 is 2.53 bits per heavy atom. The van der Waals surface area contributed by atoms with Crippen LogP contribution in [0.4, 0.5) is 4.39 Å². The van der Waals surface area contributed by atoms with E-state index < -0.39 is 5.82 Å². The van der Waals surface area contributed by atoms with E-state index in [4.69, 9.17) is 34.8 Å². The molecular weight excluding hydrogens is 259 g/mol. The summed E-state index contributed by atoms with van der Waals surface area (Å²) in [5.74, 6) is -0.563. The summed E-state index contributed by atoms with van der Waals surface area (Å²) in [7, 11) is 0. The molecule has 0 saturated heterocycles. The van der Waals surface area contributed by atoms with Gasteiger partial charge < -0.3 is 0 Å². The maximum Gasteiger partial charge on any atom is 0.152 e. The van der Waals surface area contributed by atoms with Gasteiger partial charge in [-0.1, -0.05) is 34.8 Å². The summed E-state index contributed by atoms with van der Waals surface area (Å²) in [6.07, 6.45) is 0. The SMILES string of the molecule is Cc1c(Cl)nc2ccc(Cl)c(F)c2c1Cl. The first-order chi connectivity index (χ1) is 7.02. The van der Waals surface area contributed by atoms with Crippen LogP contribution >= 0.6 is 34.8 Å². The van der Waals surface area contributed by atoms with E-state index in [0.717, 1.165) is 0 Å². The molecule has 0 atom stereocenters. The number of nitrogens with zero attached hydrogens (tertiary/aromatic N) is 1. The Bertz CT molecular complexity index is 554. The molecule has 0 fully saturated rings. The van der Waals surface area contributed by atoms with E-state index >= 15 is 0 Å². The van der Waals surface area contributed by atoms with Gasteiger partial charge in [0, 0.05) is 5.56 Å². The molecule has 0 N–H and O–H groups in total. The van der Waals surface area contributed by atoms with Crippen LogP contribution in [0.2, 0.25) is 15.2 Å². The van der Waals surface area contributed by atoms with Crippen molar-refractivity contribution in [1.82, 2.24) is 4.98 Å². The van der Waals surface area contributed by atoms with E-state index in [1.54, 1.807) is 13.0 Å². The van der Waals surface area contributed by atoms with E-state index in [1.807, 2.05) is 0 Å². The second kappa shape index (κ2) is 3.78. The maximum absolute atomic E-state index is 13.7. The van der Waals surface area contributed by atoms with Crippen LogP contribution in [0, 0.1) is 12.7 Å². The molecular formula is C10H5Cl3FN. The van der Waals surface area contributed by atoms with Gasteiger partial charge in [-0.2, -0.15) is 0 Å². The van der Waals surface area contributed by atoms with Gasteiger partial charge in [0.1, 0.15) is 5.15 Å². The molecule has 5 heteroatoms. The molecule has 78 valence electrons. The van der Waals surface area contributed by atoms with Gasteiger partial charge in [-0.3, -0.25) is 0 Å². The number of hydrogen-bond acceptors (Lipinski definition) is 1. The molecule has 0 radical (unpaired) electrons. The van der Waals surface area contributed by atoms with Crippen molar-refractivity contribution in [3.8, 4) is 0 Å². The van der Waals surface area contributed by atoms with Gasteiger partial charge >= 0.3 is 0 Å². The summed E-state index contributed by atoms with van der Waals surface area (Å²) >= 11 is 17.5. The molecule has 0 amide bonds. The number of fused-ring (bicyclic) bond motifs is 1. The van der Waals surface area contributed by atoms with E-state index in [1.165, 1.54) is 6.07 Å². The van der Waals surface area contributed by atoms with Crippen molar-refractivity contribution in [3.63, 3.8) is 0 Å². The summed E-state index contributed by atoms with van der Waals surface area (Å²) < 4.78 is 13.7. The highest BCUT2D eigenvalue weighted by molar-refractivity contribution is 6.39. The van der Waals surface area contributed by atoms with E-state index in [2.05, 4.69) is 4.98 Å². The molecule has 1 nitrogen and oxygen atoms in total. The number of hydrogen-bond donors (Lipinski definition) is 0. The normalized spacial score (nSPS) is 11.0. The van der Waals surface area contributed by atoms with Crippen LogP contribution in [0.1, 0.15) is 5.56 Å². The molecule has 0 unspecified atom stereocenters. The largest absolute Gasteiger partial charge is 0.236 e. The highest BCUT2D eigenvalue weighted by Gasteiger charge is 2.14. The third kappa shape index (κ3) is 1.67. The zero-order chi connectivity index (χ0) is 11.2. The predicted octanol–water partition coefficient (Wildman–Crippen LogP) is 4.64. The quantitative estimate of drug-likeness (QED) is 0.632. The summed E-state index contributed by atoms with van der Waals surface area (Å²) in [6.45, 7) is 1.68. The van der Waals surface area contributed by atoms with Crippen LogP contribution < -0.4 is 0 Å². The topological polar surface area (TPSA) is 12.9 Å². The number of benzene rings is 1. The average molecular weight is 265 g/mol. The molecule has 1 heterocycles. The van der Waals surface area contributed by atoms with Crippen LogP contribution in [0.3, 0.4) is 0 Å². The van der Waals surface area contributed by atoms with Crippen LogP contribution in [0.15, 0.2) is 12.1 Å². The highest BCUT2D eigenvalue weighted by Crippen LogP contribution is 2.34. The Hall–Kier alpha value is -0.570. The van der Waals surface area contributed by atoms with Gasteiger partial charge in [0.25, 0.3) is 0 Å². The first-order valence-electron chi connectivity index (χ1n) is 4.11. The Morgan fingerprint density at radius 2 is 1.87 bits per heavy atom. The molecule has 0 spiro atoms. The average Bonchev–Trinajstić information content (AvgIpc) is 2.20. The molecule has 0 aliphatic rings. The van der Waals surface area contributed by atoms with Crippen LogP contribution in [0.5, 0.6) is 0 Å². The van der Waals surface area contributed by atoms with Gasteiger partial charge in [-0.15, -0.1) is 0 Å². The van der Waals surface area contributed by atoms with Gasteiger partial charge in [0.15, 0.2) is 5.82 Å². The lowest BCUT2D eigenvalue weighted by Crippen LogP contribution is -1.90. The number of rotatable bonds is 0. The van der Waals surface area contributed by atoms with Crippen molar-refractivity contribution >= 4 is 45.7 Å². The molecule has 0 aliphatic heterocycles. The fourth-order valence-corrected chi connectivity index (χ4v) is 1.97. The molecule has 1 aromatic carbocycles. The fraction of sp³-hybridized carbons (Fsp3) is 0.100. The Labute approximate surface area is 101 Å². The van der Waals surface area contributed by atoms with Gasteiger partial charge in [-0.25, -0.2) is 9.37 Å². The second-order valence-corrected chi connectivity index (χ2v) is 4.24. The standard InChI is InChI=1S/C10H5Cl3FN/c1-4-8(12)7-6(15-10(4)13)3-2-5(11)9(7)14/h2-3H,1H3. The molecule has 0 bridgehead atoms. The molecule has 2 rings (SSSR count). The summed E-state index contributed by atoms with van der Waals surface area (Å²) in [4.78, 5) is 4.02. The summed E-state index contributed by atoms with van der Waals surface area (Å²) in [5, 5.41) is 0.762. The second-order valence-electron chi connectivity index (χ2n) is 3.10. The van der Waals surface area contributed by atoms with Gasteiger partial charge in [0.05, 0.1) is 20.9 Å². The first-order valence-corrected chi connectivity index (χ1v) is 5.25.